The summed E-state index contributed by atoms with van der Waals surface area (Å²) in [6.45, 7) is 3.91. The van der Waals surface area contributed by atoms with Crippen LogP contribution >= 0.6 is 0 Å². The van der Waals surface area contributed by atoms with E-state index < -0.39 is 0 Å². The van der Waals surface area contributed by atoms with Crippen molar-refractivity contribution >= 4 is 5.84 Å². The molecular weight excluding hydrogens is 167 g/mol. The molecule has 0 fully saturated rings. The van der Waals surface area contributed by atoms with Gasteiger partial charge in [0.1, 0.15) is 11.7 Å². The van der Waals surface area contributed by atoms with Crippen LogP contribution in [0.3, 0.4) is 0 Å². The van der Waals surface area contributed by atoms with Gasteiger partial charge in [0, 0.05) is 11.6 Å². The van der Waals surface area contributed by atoms with Crippen LogP contribution in [0.25, 0.3) is 0 Å². The van der Waals surface area contributed by atoms with Gasteiger partial charge in [-0.2, -0.15) is 0 Å². The van der Waals surface area contributed by atoms with Crippen LogP contribution in [0.1, 0.15) is 19.4 Å². The highest BCUT2D eigenvalue weighted by molar-refractivity contribution is 5.96. The molecule has 3 heteroatoms. The number of rotatable bonds is 2. The van der Waals surface area contributed by atoms with Crippen molar-refractivity contribution in [2.24, 2.45) is 0 Å². The highest BCUT2D eigenvalue weighted by Gasteiger charge is 2.01. The van der Waals surface area contributed by atoms with Gasteiger partial charge in [0.25, 0.3) is 0 Å². The monoisotopic (exact) mass is 180 g/mol. The zero-order valence-electron chi connectivity index (χ0n) is 7.76. The van der Waals surface area contributed by atoms with Crippen molar-refractivity contribution in [1.82, 2.24) is 5.32 Å². The molecule has 0 amide bonds. The topological polar surface area (TPSA) is 35.9 Å². The fourth-order valence-corrected chi connectivity index (χ4v) is 0.989. The van der Waals surface area contributed by atoms with Crippen LogP contribution in [0.2, 0.25) is 0 Å². The molecule has 13 heavy (non-hydrogen) atoms. The van der Waals surface area contributed by atoms with Crippen molar-refractivity contribution < 1.29 is 4.39 Å². The maximum absolute atomic E-state index is 12.5. The Morgan fingerprint density at radius 1 is 1.31 bits per heavy atom. The fourth-order valence-electron chi connectivity index (χ4n) is 0.989. The summed E-state index contributed by atoms with van der Waals surface area (Å²) in [5.41, 5.74) is 0.704. The maximum atomic E-state index is 12.5. The van der Waals surface area contributed by atoms with Crippen LogP contribution in [-0.2, 0) is 0 Å². The fraction of sp³-hybridized carbons (Fsp3) is 0.300. The Morgan fingerprint density at radius 3 is 2.31 bits per heavy atom. The van der Waals surface area contributed by atoms with Gasteiger partial charge in [-0.05, 0) is 38.1 Å². The second kappa shape index (κ2) is 4.03. The van der Waals surface area contributed by atoms with E-state index in [0.29, 0.717) is 11.4 Å². The molecule has 0 aliphatic rings. The van der Waals surface area contributed by atoms with E-state index in [-0.39, 0.29) is 11.9 Å². The van der Waals surface area contributed by atoms with Gasteiger partial charge in [-0.3, -0.25) is 5.41 Å². The molecule has 0 saturated carbocycles. The zero-order chi connectivity index (χ0) is 9.84. The number of hydrogen-bond acceptors (Lipinski definition) is 1. The number of benzene rings is 1. The van der Waals surface area contributed by atoms with E-state index in [0.717, 1.165) is 0 Å². The lowest BCUT2D eigenvalue weighted by atomic mass is 10.2. The van der Waals surface area contributed by atoms with Crippen LogP contribution < -0.4 is 5.32 Å². The summed E-state index contributed by atoms with van der Waals surface area (Å²) in [6, 6.07) is 6.11. The van der Waals surface area contributed by atoms with Gasteiger partial charge in [0.05, 0.1) is 0 Å². The number of amidine groups is 1. The highest BCUT2D eigenvalue weighted by atomic mass is 19.1. The van der Waals surface area contributed by atoms with Crippen molar-refractivity contribution in [3.05, 3.63) is 35.6 Å². The van der Waals surface area contributed by atoms with E-state index in [2.05, 4.69) is 5.32 Å². The molecule has 0 spiro atoms. The normalized spacial score (nSPS) is 10.2. The first-order valence-corrected chi connectivity index (χ1v) is 4.20. The SMILES string of the molecule is CC(C)NC(=N)c1ccc(F)cc1. The average molecular weight is 180 g/mol. The molecule has 0 atom stereocenters. The predicted octanol–water partition coefficient (Wildman–Crippen LogP) is 2.15. The van der Waals surface area contributed by atoms with Crippen molar-refractivity contribution in [1.29, 1.82) is 5.41 Å². The lowest BCUT2D eigenvalue weighted by Crippen LogP contribution is -2.30. The second-order valence-electron chi connectivity index (χ2n) is 3.18. The van der Waals surface area contributed by atoms with Gasteiger partial charge in [-0.25, -0.2) is 4.39 Å². The van der Waals surface area contributed by atoms with E-state index in [9.17, 15) is 4.39 Å². The van der Waals surface area contributed by atoms with E-state index in [1.807, 2.05) is 13.8 Å². The van der Waals surface area contributed by atoms with Crippen LogP contribution in [-0.4, -0.2) is 11.9 Å². The third-order valence-corrected chi connectivity index (χ3v) is 1.57. The molecule has 0 radical (unpaired) electrons. The molecule has 2 N–H and O–H groups in total. The largest absolute Gasteiger partial charge is 0.368 e. The first kappa shape index (κ1) is 9.71. The van der Waals surface area contributed by atoms with Gasteiger partial charge >= 0.3 is 0 Å². The molecule has 70 valence electrons. The van der Waals surface area contributed by atoms with E-state index in [1.165, 1.54) is 12.1 Å². The smallest absolute Gasteiger partial charge is 0.125 e. The van der Waals surface area contributed by atoms with Gasteiger partial charge in [-0.15, -0.1) is 0 Å². The van der Waals surface area contributed by atoms with Crippen LogP contribution in [0.5, 0.6) is 0 Å². The summed E-state index contributed by atoms with van der Waals surface area (Å²) >= 11 is 0. The second-order valence-corrected chi connectivity index (χ2v) is 3.18. The van der Waals surface area contributed by atoms with Crippen LogP contribution in [0.4, 0.5) is 4.39 Å². The Balaban J connectivity index is 2.72. The summed E-state index contributed by atoms with van der Waals surface area (Å²) in [4.78, 5) is 0. The highest BCUT2D eigenvalue weighted by Crippen LogP contribution is 2.02. The first-order valence-electron chi connectivity index (χ1n) is 4.20. The van der Waals surface area contributed by atoms with Crippen molar-refractivity contribution in [3.8, 4) is 0 Å². The maximum Gasteiger partial charge on any atom is 0.125 e. The van der Waals surface area contributed by atoms with E-state index in [4.69, 9.17) is 5.41 Å². The standard InChI is InChI=1S/C10H13FN2/c1-7(2)13-10(12)8-3-5-9(11)6-4-8/h3-7H,1-2H3,(H2,12,13). The minimum absolute atomic E-state index is 0.220. The van der Waals surface area contributed by atoms with Crippen molar-refractivity contribution in [2.45, 2.75) is 19.9 Å². The van der Waals surface area contributed by atoms with E-state index >= 15 is 0 Å². The Kier molecular flexibility index (Phi) is 3.01. The Hall–Kier alpha value is -1.38. The molecule has 1 rings (SSSR count). The Morgan fingerprint density at radius 2 is 1.85 bits per heavy atom. The minimum Gasteiger partial charge on any atom is -0.368 e. The van der Waals surface area contributed by atoms with Gasteiger partial charge in [0.2, 0.25) is 0 Å². The number of nitrogens with one attached hydrogen (secondary N) is 2. The van der Waals surface area contributed by atoms with Crippen molar-refractivity contribution in [3.63, 3.8) is 0 Å². The van der Waals surface area contributed by atoms with Crippen LogP contribution in [0, 0.1) is 11.2 Å². The number of hydrogen-bond donors (Lipinski definition) is 2. The number of halogens is 1. The van der Waals surface area contributed by atoms with Crippen molar-refractivity contribution in [2.75, 3.05) is 0 Å². The molecule has 0 aliphatic heterocycles. The molecule has 0 aromatic heterocycles. The van der Waals surface area contributed by atoms with E-state index in [1.54, 1.807) is 12.1 Å². The zero-order valence-corrected chi connectivity index (χ0v) is 7.76. The average Bonchev–Trinajstić information content (AvgIpc) is 2.04. The Bertz CT molecular complexity index is 290. The predicted molar refractivity (Wildman–Crippen MR) is 51.5 cm³/mol. The molecule has 0 saturated heterocycles. The lowest BCUT2D eigenvalue weighted by molar-refractivity contribution is 0.627. The third-order valence-electron chi connectivity index (χ3n) is 1.57. The summed E-state index contributed by atoms with van der Waals surface area (Å²) in [7, 11) is 0. The molecule has 0 unspecified atom stereocenters. The summed E-state index contributed by atoms with van der Waals surface area (Å²) in [5, 5.41) is 10.5. The van der Waals surface area contributed by atoms with Gasteiger partial charge < -0.3 is 5.32 Å². The van der Waals surface area contributed by atoms with Gasteiger partial charge in [-0.1, -0.05) is 0 Å². The molecule has 0 bridgehead atoms. The Labute approximate surface area is 77.3 Å². The molecule has 1 aromatic rings. The molecular formula is C10H13FN2. The molecule has 1 aromatic carbocycles. The first-order chi connectivity index (χ1) is 6.09. The van der Waals surface area contributed by atoms with Gasteiger partial charge in [0.15, 0.2) is 0 Å². The quantitative estimate of drug-likeness (QED) is 0.531. The summed E-state index contributed by atoms with van der Waals surface area (Å²) in [6.07, 6.45) is 0. The third kappa shape index (κ3) is 2.86. The summed E-state index contributed by atoms with van der Waals surface area (Å²) < 4.78 is 12.5. The molecule has 0 aliphatic carbocycles. The summed E-state index contributed by atoms with van der Waals surface area (Å²) in [5.74, 6) is 0.0519. The minimum atomic E-state index is -0.277. The molecule has 2 nitrogen and oxygen atoms in total. The van der Waals surface area contributed by atoms with Crippen LogP contribution in [0.15, 0.2) is 24.3 Å². The molecule has 0 heterocycles. The lowest BCUT2D eigenvalue weighted by Gasteiger charge is -2.10.